The Kier molecular flexibility index (Phi) is 2.95. The van der Waals surface area contributed by atoms with Crippen molar-refractivity contribution in [1.82, 2.24) is 15.1 Å². The monoisotopic (exact) mass is 266 g/mol. The molecule has 0 atom stereocenters. The lowest BCUT2D eigenvalue weighted by Gasteiger charge is -2.00. The molecule has 0 fully saturated rings. The van der Waals surface area contributed by atoms with Crippen molar-refractivity contribution in [1.29, 1.82) is 0 Å². The summed E-state index contributed by atoms with van der Waals surface area (Å²) in [7, 11) is 0. The van der Waals surface area contributed by atoms with E-state index in [1.807, 2.05) is 38.1 Å². The normalized spacial score (nSPS) is 10.7. The molecule has 3 aromatic rings. The van der Waals surface area contributed by atoms with Gasteiger partial charge in [-0.2, -0.15) is 4.98 Å². The van der Waals surface area contributed by atoms with Crippen molar-refractivity contribution in [2.45, 2.75) is 13.8 Å². The molecule has 0 bridgehead atoms. The fraction of sp³-hybridized carbons (Fsp3) is 0.133. The molecule has 2 N–H and O–H groups in total. The maximum Gasteiger partial charge on any atom is 0.260 e. The van der Waals surface area contributed by atoms with Crippen LogP contribution in [-0.4, -0.2) is 15.1 Å². The number of anilines is 1. The summed E-state index contributed by atoms with van der Waals surface area (Å²) in [6, 6.07) is 9.43. The van der Waals surface area contributed by atoms with E-state index in [2.05, 4.69) is 15.1 Å². The van der Waals surface area contributed by atoms with Gasteiger partial charge in [0.1, 0.15) is 5.69 Å². The number of hydrogen-bond acceptors (Lipinski definition) is 5. The standard InChI is InChI=1S/C15H14N4O/c1-9-7-10(2)13(17-8-9)14-18-15(20-19-14)11-5-3-4-6-12(11)16/h3-8H,16H2,1-2H3. The first-order valence-corrected chi connectivity index (χ1v) is 6.27. The van der Waals surface area contributed by atoms with E-state index in [-0.39, 0.29) is 0 Å². The molecule has 100 valence electrons. The van der Waals surface area contributed by atoms with Crippen molar-refractivity contribution in [3.05, 3.63) is 47.7 Å². The van der Waals surface area contributed by atoms with Crippen LogP contribution in [0.3, 0.4) is 0 Å². The molecular formula is C15H14N4O. The number of nitrogens with two attached hydrogens (primary N) is 1. The Hall–Kier alpha value is -2.69. The molecule has 0 radical (unpaired) electrons. The van der Waals surface area contributed by atoms with E-state index >= 15 is 0 Å². The van der Waals surface area contributed by atoms with Crippen LogP contribution < -0.4 is 5.73 Å². The van der Waals surface area contributed by atoms with Crippen molar-refractivity contribution in [2.24, 2.45) is 0 Å². The maximum atomic E-state index is 5.91. The van der Waals surface area contributed by atoms with Crippen LogP contribution in [0.5, 0.6) is 0 Å². The number of nitrogens with zero attached hydrogens (tertiary/aromatic N) is 3. The molecule has 2 heterocycles. The summed E-state index contributed by atoms with van der Waals surface area (Å²) in [4.78, 5) is 8.74. The number of nitrogen functional groups attached to an aromatic ring is 1. The molecule has 0 amide bonds. The molecule has 3 rings (SSSR count). The number of rotatable bonds is 2. The fourth-order valence-electron chi connectivity index (χ4n) is 2.07. The summed E-state index contributed by atoms with van der Waals surface area (Å²) in [5.74, 6) is 0.876. The van der Waals surface area contributed by atoms with E-state index in [0.29, 0.717) is 17.4 Å². The second-order valence-corrected chi connectivity index (χ2v) is 4.69. The minimum atomic E-state index is 0.403. The number of benzene rings is 1. The van der Waals surface area contributed by atoms with Gasteiger partial charge in [-0.25, -0.2) is 0 Å². The molecule has 5 heteroatoms. The molecule has 0 spiro atoms. The molecular weight excluding hydrogens is 252 g/mol. The zero-order valence-electron chi connectivity index (χ0n) is 11.3. The van der Waals surface area contributed by atoms with Gasteiger partial charge in [0.05, 0.1) is 5.56 Å². The smallest absolute Gasteiger partial charge is 0.260 e. The van der Waals surface area contributed by atoms with Gasteiger partial charge in [0.25, 0.3) is 5.89 Å². The van der Waals surface area contributed by atoms with Gasteiger partial charge >= 0.3 is 0 Å². The molecule has 1 aromatic carbocycles. The van der Waals surface area contributed by atoms with Crippen LogP contribution in [-0.2, 0) is 0 Å². The zero-order chi connectivity index (χ0) is 14.1. The molecule has 0 saturated carbocycles. The first-order valence-electron chi connectivity index (χ1n) is 6.27. The van der Waals surface area contributed by atoms with Gasteiger partial charge < -0.3 is 10.3 Å². The second-order valence-electron chi connectivity index (χ2n) is 4.69. The van der Waals surface area contributed by atoms with Gasteiger partial charge in [-0.3, -0.25) is 4.98 Å². The molecule has 0 aliphatic rings. The molecule has 0 aliphatic carbocycles. The first kappa shape index (κ1) is 12.3. The maximum absolute atomic E-state index is 5.91. The summed E-state index contributed by atoms with van der Waals surface area (Å²) >= 11 is 0. The van der Waals surface area contributed by atoms with Crippen LogP contribution in [0, 0.1) is 13.8 Å². The third-order valence-corrected chi connectivity index (χ3v) is 3.04. The zero-order valence-corrected chi connectivity index (χ0v) is 11.3. The van der Waals surface area contributed by atoms with Gasteiger partial charge in [-0.05, 0) is 37.1 Å². The van der Waals surface area contributed by atoms with Crippen LogP contribution in [0.25, 0.3) is 23.0 Å². The third kappa shape index (κ3) is 2.14. The Morgan fingerprint density at radius 1 is 1.15 bits per heavy atom. The molecule has 0 unspecified atom stereocenters. The van der Waals surface area contributed by atoms with Gasteiger partial charge in [0.2, 0.25) is 5.82 Å². The minimum absolute atomic E-state index is 0.403. The Balaban J connectivity index is 2.04. The molecule has 0 aliphatic heterocycles. The summed E-state index contributed by atoms with van der Waals surface area (Å²) in [6.07, 6.45) is 1.79. The van der Waals surface area contributed by atoms with E-state index in [9.17, 15) is 0 Å². The van der Waals surface area contributed by atoms with Crippen LogP contribution >= 0.6 is 0 Å². The largest absolute Gasteiger partial charge is 0.398 e. The SMILES string of the molecule is Cc1cnc(-c2noc(-c3ccccc3N)n2)c(C)c1. The van der Waals surface area contributed by atoms with Crippen LogP contribution in [0.4, 0.5) is 5.69 Å². The Morgan fingerprint density at radius 2 is 1.95 bits per heavy atom. The van der Waals surface area contributed by atoms with Crippen LogP contribution in [0.15, 0.2) is 41.1 Å². The average molecular weight is 266 g/mol. The molecule has 5 nitrogen and oxygen atoms in total. The van der Waals surface area contributed by atoms with E-state index in [0.717, 1.165) is 22.4 Å². The molecule has 20 heavy (non-hydrogen) atoms. The third-order valence-electron chi connectivity index (χ3n) is 3.04. The number of aromatic nitrogens is 3. The van der Waals surface area contributed by atoms with Gasteiger partial charge in [-0.1, -0.05) is 23.4 Å². The predicted octanol–water partition coefficient (Wildman–Crippen LogP) is 3.00. The van der Waals surface area contributed by atoms with Gasteiger partial charge in [-0.15, -0.1) is 0 Å². The van der Waals surface area contributed by atoms with E-state index < -0.39 is 0 Å². The summed E-state index contributed by atoms with van der Waals surface area (Å²) in [6.45, 7) is 3.97. The fourth-order valence-corrected chi connectivity index (χ4v) is 2.07. The Bertz CT molecular complexity index is 764. The van der Waals surface area contributed by atoms with Crippen molar-refractivity contribution in [2.75, 3.05) is 5.73 Å². The average Bonchev–Trinajstić information content (AvgIpc) is 2.88. The van der Waals surface area contributed by atoms with Crippen molar-refractivity contribution in [3.63, 3.8) is 0 Å². The van der Waals surface area contributed by atoms with E-state index in [1.54, 1.807) is 12.3 Å². The quantitative estimate of drug-likeness (QED) is 0.721. The minimum Gasteiger partial charge on any atom is -0.398 e. The molecule has 0 saturated heterocycles. The summed E-state index contributed by atoms with van der Waals surface area (Å²) in [5, 5.41) is 3.99. The van der Waals surface area contributed by atoms with Crippen LogP contribution in [0.2, 0.25) is 0 Å². The summed E-state index contributed by atoms with van der Waals surface area (Å²) < 4.78 is 5.29. The summed E-state index contributed by atoms with van der Waals surface area (Å²) in [5.41, 5.74) is 10.1. The van der Waals surface area contributed by atoms with Crippen molar-refractivity contribution < 1.29 is 4.52 Å². The first-order chi connectivity index (χ1) is 9.65. The lowest BCUT2D eigenvalue weighted by atomic mass is 10.1. The van der Waals surface area contributed by atoms with E-state index in [1.165, 1.54) is 0 Å². The van der Waals surface area contributed by atoms with E-state index in [4.69, 9.17) is 10.3 Å². The van der Waals surface area contributed by atoms with Gasteiger partial charge in [0, 0.05) is 11.9 Å². The predicted molar refractivity (Wildman–Crippen MR) is 76.9 cm³/mol. The van der Waals surface area contributed by atoms with Gasteiger partial charge in [0.15, 0.2) is 0 Å². The van der Waals surface area contributed by atoms with Crippen LogP contribution in [0.1, 0.15) is 11.1 Å². The highest BCUT2D eigenvalue weighted by atomic mass is 16.5. The number of hydrogen-bond donors (Lipinski definition) is 1. The Morgan fingerprint density at radius 3 is 2.70 bits per heavy atom. The highest BCUT2D eigenvalue weighted by Crippen LogP contribution is 2.26. The lowest BCUT2D eigenvalue weighted by Crippen LogP contribution is -1.92. The number of para-hydroxylation sites is 1. The van der Waals surface area contributed by atoms with Crippen molar-refractivity contribution in [3.8, 4) is 23.0 Å². The van der Waals surface area contributed by atoms with Crippen molar-refractivity contribution >= 4 is 5.69 Å². The molecule has 2 aromatic heterocycles. The number of aryl methyl sites for hydroxylation is 2. The highest BCUT2D eigenvalue weighted by Gasteiger charge is 2.15. The Labute approximate surface area is 116 Å². The number of pyridine rings is 1. The lowest BCUT2D eigenvalue weighted by molar-refractivity contribution is 0.432. The second kappa shape index (κ2) is 4.77. The highest BCUT2D eigenvalue weighted by molar-refractivity contribution is 5.71. The topological polar surface area (TPSA) is 77.8 Å².